The molecule has 0 atom stereocenters. The molecule has 0 saturated carbocycles. The fourth-order valence-corrected chi connectivity index (χ4v) is 1.41. The first-order chi connectivity index (χ1) is 7.16. The Labute approximate surface area is 87.0 Å². The van der Waals surface area contributed by atoms with E-state index in [9.17, 15) is 4.79 Å². The first-order valence-corrected chi connectivity index (χ1v) is 4.66. The highest BCUT2D eigenvalue weighted by Crippen LogP contribution is 2.01. The Bertz CT molecular complexity index is 526. The lowest BCUT2D eigenvalue weighted by Crippen LogP contribution is -2.23. The van der Waals surface area contributed by atoms with Crippen LogP contribution in [0.5, 0.6) is 0 Å². The van der Waals surface area contributed by atoms with Crippen molar-refractivity contribution in [3.63, 3.8) is 0 Å². The average Bonchev–Trinajstić information content (AvgIpc) is 2.50. The van der Waals surface area contributed by atoms with Crippen molar-refractivity contribution in [1.29, 1.82) is 0 Å². The van der Waals surface area contributed by atoms with Crippen LogP contribution in [0, 0.1) is 6.92 Å². The molecule has 0 amide bonds. The molecule has 0 aliphatic rings. The Balaban J connectivity index is 2.30. The van der Waals surface area contributed by atoms with Crippen molar-refractivity contribution >= 4 is 0 Å². The van der Waals surface area contributed by atoms with Gasteiger partial charge >= 0.3 is 5.69 Å². The minimum absolute atomic E-state index is 0.114. The molecule has 0 N–H and O–H groups in total. The van der Waals surface area contributed by atoms with Gasteiger partial charge in [0.2, 0.25) is 0 Å². The second kappa shape index (κ2) is 3.68. The van der Waals surface area contributed by atoms with Crippen LogP contribution in [0.4, 0.5) is 0 Å². The molecule has 0 radical (unpaired) electrons. The maximum absolute atomic E-state index is 11.5. The fraction of sp³-hybridized carbons (Fsp3) is 0.300. The van der Waals surface area contributed by atoms with Crippen molar-refractivity contribution in [3.8, 4) is 0 Å². The summed E-state index contributed by atoms with van der Waals surface area (Å²) in [6, 6.07) is 1.99. The third-order valence-corrected chi connectivity index (χ3v) is 2.15. The van der Waals surface area contributed by atoms with E-state index in [0.29, 0.717) is 6.54 Å². The van der Waals surface area contributed by atoms with Crippen molar-refractivity contribution in [2.24, 2.45) is 7.05 Å². The minimum atomic E-state index is -0.114. The summed E-state index contributed by atoms with van der Waals surface area (Å²) in [5.74, 6) is 0. The summed E-state index contributed by atoms with van der Waals surface area (Å²) in [6.07, 6.45) is 5.03. The number of aryl methyl sites for hydroxylation is 2. The zero-order valence-corrected chi connectivity index (χ0v) is 8.71. The molecule has 0 fully saturated rings. The van der Waals surface area contributed by atoms with Gasteiger partial charge in [0.05, 0.1) is 6.54 Å². The standard InChI is InChI=1S/C10H12N4O/c1-8-3-9(5-11-4-8)6-14-10(15)13(2)7-12-14/h3-5,7H,6H2,1-2H3. The molecule has 2 aromatic rings. The van der Waals surface area contributed by atoms with E-state index in [1.54, 1.807) is 19.4 Å². The maximum atomic E-state index is 11.5. The van der Waals surface area contributed by atoms with E-state index in [1.165, 1.54) is 15.6 Å². The third-order valence-electron chi connectivity index (χ3n) is 2.15. The SMILES string of the molecule is Cc1cncc(Cn2ncn(C)c2=O)c1. The largest absolute Gasteiger partial charge is 0.345 e. The van der Waals surface area contributed by atoms with Crippen molar-refractivity contribution in [3.05, 3.63) is 46.4 Å². The van der Waals surface area contributed by atoms with Crippen LogP contribution in [0.15, 0.2) is 29.6 Å². The third kappa shape index (κ3) is 1.96. The molecule has 78 valence electrons. The van der Waals surface area contributed by atoms with E-state index in [1.807, 2.05) is 13.0 Å². The normalized spacial score (nSPS) is 10.5. The lowest BCUT2D eigenvalue weighted by molar-refractivity contribution is 0.645. The number of pyridine rings is 1. The number of hydrogen-bond donors (Lipinski definition) is 0. The highest BCUT2D eigenvalue weighted by Gasteiger charge is 2.02. The summed E-state index contributed by atoms with van der Waals surface area (Å²) < 4.78 is 2.86. The molecule has 2 heterocycles. The van der Waals surface area contributed by atoms with E-state index in [-0.39, 0.29) is 5.69 Å². The molecule has 0 aromatic carbocycles. The summed E-state index contributed by atoms with van der Waals surface area (Å²) in [5.41, 5.74) is 1.95. The second-order valence-electron chi connectivity index (χ2n) is 3.55. The summed E-state index contributed by atoms with van der Waals surface area (Å²) >= 11 is 0. The van der Waals surface area contributed by atoms with Gasteiger partial charge < -0.3 is 0 Å². The molecule has 0 aliphatic carbocycles. The van der Waals surface area contributed by atoms with Gasteiger partial charge in [-0.05, 0) is 18.1 Å². The van der Waals surface area contributed by atoms with Gasteiger partial charge in [-0.25, -0.2) is 9.48 Å². The molecule has 5 nitrogen and oxygen atoms in total. The Kier molecular flexibility index (Phi) is 2.37. The molecule has 0 bridgehead atoms. The fourth-order valence-electron chi connectivity index (χ4n) is 1.41. The highest BCUT2D eigenvalue weighted by atomic mass is 16.2. The van der Waals surface area contributed by atoms with Crippen molar-refractivity contribution in [2.75, 3.05) is 0 Å². The molecular formula is C10H12N4O. The lowest BCUT2D eigenvalue weighted by Gasteiger charge is -2.00. The lowest BCUT2D eigenvalue weighted by atomic mass is 10.2. The van der Waals surface area contributed by atoms with Crippen molar-refractivity contribution in [1.82, 2.24) is 19.3 Å². The number of rotatable bonds is 2. The predicted molar refractivity (Wildman–Crippen MR) is 55.5 cm³/mol. The first-order valence-electron chi connectivity index (χ1n) is 4.66. The zero-order chi connectivity index (χ0) is 10.8. The van der Waals surface area contributed by atoms with Gasteiger partial charge in [0.1, 0.15) is 6.33 Å². The molecule has 0 aliphatic heterocycles. The van der Waals surface area contributed by atoms with Gasteiger partial charge in [0.25, 0.3) is 0 Å². The molecule has 2 aromatic heterocycles. The van der Waals surface area contributed by atoms with E-state index >= 15 is 0 Å². The molecular weight excluding hydrogens is 192 g/mol. The monoisotopic (exact) mass is 204 g/mol. The van der Waals surface area contributed by atoms with Gasteiger partial charge in [-0.1, -0.05) is 6.07 Å². The molecule has 5 heteroatoms. The zero-order valence-electron chi connectivity index (χ0n) is 8.71. The Hall–Kier alpha value is -1.91. The van der Waals surface area contributed by atoms with Crippen LogP contribution >= 0.6 is 0 Å². The van der Waals surface area contributed by atoms with Gasteiger partial charge in [-0.2, -0.15) is 5.10 Å². The summed E-state index contributed by atoms with van der Waals surface area (Å²) in [5, 5.41) is 3.98. The first kappa shape index (κ1) is 9.64. The van der Waals surface area contributed by atoms with Crippen LogP contribution in [0.25, 0.3) is 0 Å². The number of aromatic nitrogens is 4. The van der Waals surface area contributed by atoms with Crippen LogP contribution in [0.2, 0.25) is 0 Å². The van der Waals surface area contributed by atoms with Crippen LogP contribution in [0.3, 0.4) is 0 Å². The highest BCUT2D eigenvalue weighted by molar-refractivity contribution is 5.16. The van der Waals surface area contributed by atoms with Crippen LogP contribution in [0.1, 0.15) is 11.1 Å². The van der Waals surface area contributed by atoms with E-state index < -0.39 is 0 Å². The molecule has 0 unspecified atom stereocenters. The van der Waals surface area contributed by atoms with E-state index in [4.69, 9.17) is 0 Å². The van der Waals surface area contributed by atoms with E-state index in [0.717, 1.165) is 11.1 Å². The molecule has 0 spiro atoms. The van der Waals surface area contributed by atoms with Crippen LogP contribution in [-0.4, -0.2) is 19.3 Å². The second-order valence-corrected chi connectivity index (χ2v) is 3.55. The summed E-state index contributed by atoms with van der Waals surface area (Å²) in [4.78, 5) is 15.6. The summed E-state index contributed by atoms with van der Waals surface area (Å²) in [6.45, 7) is 2.44. The van der Waals surface area contributed by atoms with E-state index in [2.05, 4.69) is 10.1 Å². The van der Waals surface area contributed by atoms with Crippen LogP contribution < -0.4 is 5.69 Å². The van der Waals surface area contributed by atoms with Gasteiger partial charge in [0.15, 0.2) is 0 Å². The molecule has 2 rings (SSSR count). The maximum Gasteiger partial charge on any atom is 0.345 e. The van der Waals surface area contributed by atoms with Crippen molar-refractivity contribution < 1.29 is 0 Å². The topological polar surface area (TPSA) is 52.7 Å². The predicted octanol–water partition coefficient (Wildman–Crippen LogP) is 0.334. The quantitative estimate of drug-likeness (QED) is 0.708. The van der Waals surface area contributed by atoms with Crippen LogP contribution in [-0.2, 0) is 13.6 Å². The van der Waals surface area contributed by atoms with Gasteiger partial charge in [-0.15, -0.1) is 0 Å². The number of hydrogen-bond acceptors (Lipinski definition) is 3. The summed E-state index contributed by atoms with van der Waals surface area (Å²) in [7, 11) is 1.68. The smallest absolute Gasteiger partial charge is 0.285 e. The molecule has 0 saturated heterocycles. The van der Waals surface area contributed by atoms with Gasteiger partial charge in [0, 0.05) is 19.4 Å². The number of nitrogens with zero attached hydrogens (tertiary/aromatic N) is 4. The van der Waals surface area contributed by atoms with Crippen molar-refractivity contribution in [2.45, 2.75) is 13.5 Å². The average molecular weight is 204 g/mol. The Morgan fingerprint density at radius 2 is 2.20 bits per heavy atom. The Morgan fingerprint density at radius 1 is 1.40 bits per heavy atom. The molecule has 15 heavy (non-hydrogen) atoms. The Morgan fingerprint density at radius 3 is 2.80 bits per heavy atom. The minimum Gasteiger partial charge on any atom is -0.285 e. The van der Waals surface area contributed by atoms with Gasteiger partial charge in [-0.3, -0.25) is 9.55 Å².